The van der Waals surface area contributed by atoms with E-state index in [9.17, 15) is 9.18 Å². The molecule has 0 aliphatic heterocycles. The zero-order valence-electron chi connectivity index (χ0n) is 16.0. The van der Waals surface area contributed by atoms with Gasteiger partial charge in [-0.25, -0.2) is 9.37 Å². The Morgan fingerprint density at radius 2 is 1.96 bits per heavy atom. The van der Waals surface area contributed by atoms with E-state index < -0.39 is 5.82 Å². The van der Waals surface area contributed by atoms with Gasteiger partial charge in [-0.3, -0.25) is 14.3 Å². The van der Waals surface area contributed by atoms with Crippen molar-refractivity contribution in [1.29, 1.82) is 0 Å². The van der Waals surface area contributed by atoms with Crippen molar-refractivity contribution in [3.05, 3.63) is 61.2 Å². The summed E-state index contributed by atoms with van der Waals surface area (Å²) in [7, 11) is 0. The normalized spacial score (nSPS) is 11.7. The summed E-state index contributed by atoms with van der Waals surface area (Å²) >= 11 is 7.74. The molecule has 0 aliphatic carbocycles. The Labute approximate surface area is 167 Å². The van der Waals surface area contributed by atoms with Crippen LogP contribution in [0.5, 0.6) is 0 Å². The van der Waals surface area contributed by atoms with Crippen LogP contribution in [0.2, 0.25) is 5.02 Å². The van der Waals surface area contributed by atoms with Crippen molar-refractivity contribution >= 4 is 33.2 Å². The molecule has 0 saturated carbocycles. The van der Waals surface area contributed by atoms with Crippen LogP contribution >= 0.6 is 22.9 Å². The summed E-state index contributed by atoms with van der Waals surface area (Å²) in [4.78, 5) is 22.1. The molecule has 3 aromatic rings. The highest BCUT2D eigenvalue weighted by Gasteiger charge is 2.19. The van der Waals surface area contributed by atoms with E-state index in [-0.39, 0.29) is 12.1 Å². The van der Waals surface area contributed by atoms with Gasteiger partial charge in [0.15, 0.2) is 0 Å². The van der Waals surface area contributed by atoms with Crippen LogP contribution < -0.4 is 5.56 Å². The third-order valence-electron chi connectivity index (χ3n) is 5.01. The van der Waals surface area contributed by atoms with Gasteiger partial charge in [0.05, 0.1) is 18.5 Å². The van der Waals surface area contributed by atoms with Gasteiger partial charge in [0.2, 0.25) is 0 Å². The van der Waals surface area contributed by atoms with Crippen LogP contribution in [0.25, 0.3) is 10.2 Å². The molecule has 144 valence electrons. The van der Waals surface area contributed by atoms with E-state index in [0.29, 0.717) is 28.3 Å². The van der Waals surface area contributed by atoms with Gasteiger partial charge in [0.1, 0.15) is 16.5 Å². The summed E-state index contributed by atoms with van der Waals surface area (Å²) < 4.78 is 15.9. The molecule has 7 heteroatoms. The number of nitrogens with zero attached hydrogens (tertiary/aromatic N) is 3. The minimum absolute atomic E-state index is 0.0677. The molecule has 4 nitrogen and oxygen atoms in total. The van der Waals surface area contributed by atoms with Crippen molar-refractivity contribution in [2.45, 2.75) is 40.8 Å². The first kappa shape index (κ1) is 20.0. The quantitative estimate of drug-likeness (QED) is 0.591. The van der Waals surface area contributed by atoms with Crippen LogP contribution in [0.3, 0.4) is 0 Å². The minimum atomic E-state index is -0.415. The molecule has 0 fully saturated rings. The lowest BCUT2D eigenvalue weighted by Crippen LogP contribution is -2.31. The van der Waals surface area contributed by atoms with Crippen molar-refractivity contribution < 1.29 is 4.39 Å². The SMILES string of the molecule is CCN(CC)Cc1nc2sc(C)c(C)c2c(=O)n1Cc1c(F)cccc1Cl. The van der Waals surface area contributed by atoms with Gasteiger partial charge in [-0.05, 0) is 44.6 Å². The molecule has 2 aromatic heterocycles. The largest absolute Gasteiger partial charge is 0.297 e. The monoisotopic (exact) mass is 407 g/mol. The second kappa shape index (κ2) is 8.09. The van der Waals surface area contributed by atoms with E-state index in [1.807, 2.05) is 13.8 Å². The van der Waals surface area contributed by atoms with Crippen LogP contribution in [0.15, 0.2) is 23.0 Å². The Hall–Kier alpha value is -1.76. The zero-order valence-corrected chi connectivity index (χ0v) is 17.5. The maximum Gasteiger partial charge on any atom is 0.262 e. The summed E-state index contributed by atoms with van der Waals surface area (Å²) in [5.41, 5.74) is 1.12. The van der Waals surface area contributed by atoms with E-state index in [4.69, 9.17) is 16.6 Å². The summed E-state index contributed by atoms with van der Waals surface area (Å²) in [6.45, 7) is 10.3. The first-order valence-electron chi connectivity index (χ1n) is 9.02. The smallest absolute Gasteiger partial charge is 0.262 e. The van der Waals surface area contributed by atoms with Crippen LogP contribution in [-0.4, -0.2) is 27.5 Å². The van der Waals surface area contributed by atoms with Gasteiger partial charge < -0.3 is 0 Å². The van der Waals surface area contributed by atoms with Gasteiger partial charge >= 0.3 is 0 Å². The van der Waals surface area contributed by atoms with Crippen LogP contribution in [0, 0.1) is 19.7 Å². The molecule has 0 radical (unpaired) electrons. The fourth-order valence-electron chi connectivity index (χ4n) is 3.14. The standard InChI is InChI=1S/C20H23ClFN3OS/c1-5-24(6-2)11-17-23-19-18(12(3)13(4)27-19)20(26)25(17)10-14-15(21)8-7-9-16(14)22/h7-9H,5-6,10-11H2,1-4H3. The van der Waals surface area contributed by atoms with Gasteiger partial charge in [-0.15, -0.1) is 11.3 Å². The summed E-state index contributed by atoms with van der Waals surface area (Å²) in [5.74, 6) is 0.221. The maximum atomic E-state index is 14.4. The molecule has 0 spiro atoms. The number of fused-ring (bicyclic) bond motifs is 1. The molecule has 0 N–H and O–H groups in total. The third-order valence-corrected chi connectivity index (χ3v) is 6.46. The summed E-state index contributed by atoms with van der Waals surface area (Å²) in [5, 5.41) is 0.933. The average molecular weight is 408 g/mol. The lowest BCUT2D eigenvalue weighted by molar-refractivity contribution is 0.282. The van der Waals surface area contributed by atoms with E-state index in [2.05, 4.69) is 18.7 Å². The van der Waals surface area contributed by atoms with Gasteiger partial charge in [0, 0.05) is 15.5 Å². The number of thiophene rings is 1. The first-order chi connectivity index (χ1) is 12.9. The molecule has 27 heavy (non-hydrogen) atoms. The third kappa shape index (κ3) is 3.79. The van der Waals surface area contributed by atoms with Crippen molar-refractivity contribution in [3.63, 3.8) is 0 Å². The topological polar surface area (TPSA) is 38.1 Å². The highest BCUT2D eigenvalue weighted by molar-refractivity contribution is 7.18. The highest BCUT2D eigenvalue weighted by atomic mass is 35.5. The Morgan fingerprint density at radius 1 is 1.26 bits per heavy atom. The number of hydrogen-bond donors (Lipinski definition) is 0. The lowest BCUT2D eigenvalue weighted by atomic mass is 10.2. The molecule has 2 heterocycles. The number of aromatic nitrogens is 2. The number of aryl methyl sites for hydroxylation is 2. The number of rotatable bonds is 6. The molecule has 0 aliphatic rings. The number of halogens is 2. The van der Waals surface area contributed by atoms with E-state index >= 15 is 0 Å². The van der Waals surface area contributed by atoms with Gasteiger partial charge in [0.25, 0.3) is 5.56 Å². The van der Waals surface area contributed by atoms with E-state index in [1.165, 1.54) is 17.4 Å². The molecule has 1 aromatic carbocycles. The minimum Gasteiger partial charge on any atom is -0.297 e. The summed E-state index contributed by atoms with van der Waals surface area (Å²) in [6.07, 6.45) is 0. The van der Waals surface area contributed by atoms with Crippen molar-refractivity contribution in [2.24, 2.45) is 0 Å². The van der Waals surface area contributed by atoms with Crippen LogP contribution in [-0.2, 0) is 13.1 Å². The van der Waals surface area contributed by atoms with Crippen molar-refractivity contribution in [2.75, 3.05) is 13.1 Å². The van der Waals surface area contributed by atoms with E-state index in [1.54, 1.807) is 16.7 Å². The highest BCUT2D eigenvalue weighted by Crippen LogP contribution is 2.27. The average Bonchev–Trinajstić information content (AvgIpc) is 2.92. The van der Waals surface area contributed by atoms with Crippen molar-refractivity contribution in [3.8, 4) is 0 Å². The zero-order chi connectivity index (χ0) is 19.7. The molecule has 0 atom stereocenters. The van der Waals surface area contributed by atoms with Crippen LogP contribution in [0.4, 0.5) is 4.39 Å². The molecule has 0 bridgehead atoms. The number of hydrogen-bond acceptors (Lipinski definition) is 4. The molecular formula is C20H23ClFN3OS. The Morgan fingerprint density at radius 3 is 2.59 bits per heavy atom. The Kier molecular flexibility index (Phi) is 5.99. The van der Waals surface area contributed by atoms with Gasteiger partial charge in [-0.1, -0.05) is 31.5 Å². The fraction of sp³-hybridized carbons (Fsp3) is 0.400. The van der Waals surface area contributed by atoms with E-state index in [0.717, 1.165) is 28.4 Å². The number of benzene rings is 1. The first-order valence-corrected chi connectivity index (χ1v) is 10.2. The molecule has 0 saturated heterocycles. The Balaban J connectivity index is 2.22. The fourth-order valence-corrected chi connectivity index (χ4v) is 4.40. The summed E-state index contributed by atoms with van der Waals surface area (Å²) in [6, 6.07) is 4.57. The predicted molar refractivity (Wildman–Crippen MR) is 110 cm³/mol. The molecule has 0 amide bonds. The van der Waals surface area contributed by atoms with Crippen LogP contribution in [0.1, 0.15) is 35.7 Å². The molecular weight excluding hydrogens is 385 g/mol. The van der Waals surface area contributed by atoms with Gasteiger partial charge in [-0.2, -0.15) is 0 Å². The molecule has 0 unspecified atom stereocenters. The molecule has 3 rings (SSSR count). The Bertz CT molecular complexity index is 1020. The lowest BCUT2D eigenvalue weighted by Gasteiger charge is -2.21. The predicted octanol–water partition coefficient (Wildman–Crippen LogP) is 4.76. The maximum absolute atomic E-state index is 14.4. The second-order valence-electron chi connectivity index (χ2n) is 6.54. The second-order valence-corrected chi connectivity index (χ2v) is 8.15. The van der Waals surface area contributed by atoms with Crippen molar-refractivity contribution in [1.82, 2.24) is 14.5 Å².